The third-order valence-electron chi connectivity index (χ3n) is 5.77. The van der Waals surface area contributed by atoms with E-state index in [1.165, 1.54) is 4.31 Å². The lowest BCUT2D eigenvalue weighted by Crippen LogP contribution is -2.40. The predicted octanol–water partition coefficient (Wildman–Crippen LogP) is 0.578. The fraction of sp³-hybridized carbons (Fsp3) is 0.650. The van der Waals surface area contributed by atoms with Gasteiger partial charge in [-0.3, -0.25) is 9.69 Å². The molecule has 1 aromatic rings. The minimum absolute atomic E-state index is 0.118. The van der Waals surface area contributed by atoms with Crippen molar-refractivity contribution in [2.24, 2.45) is 0 Å². The van der Waals surface area contributed by atoms with Crippen molar-refractivity contribution in [2.45, 2.75) is 17.7 Å². The zero-order valence-corrected chi connectivity index (χ0v) is 18.0. The van der Waals surface area contributed by atoms with Gasteiger partial charge in [0.25, 0.3) is 0 Å². The zero-order chi connectivity index (χ0) is 21.0. The van der Waals surface area contributed by atoms with Crippen molar-refractivity contribution >= 4 is 27.3 Å². The Kier molecular flexibility index (Phi) is 6.89. The van der Waals surface area contributed by atoms with E-state index in [0.717, 1.165) is 31.6 Å². The summed E-state index contributed by atoms with van der Waals surface area (Å²) in [5, 5.41) is 2.98. The van der Waals surface area contributed by atoms with Crippen LogP contribution >= 0.6 is 0 Å². The van der Waals surface area contributed by atoms with Crippen LogP contribution < -0.4 is 10.2 Å². The Morgan fingerprint density at radius 3 is 2.23 bits per heavy atom. The quantitative estimate of drug-likeness (QED) is 0.695. The molecule has 10 heteroatoms. The second kappa shape index (κ2) is 9.61. The zero-order valence-electron chi connectivity index (χ0n) is 17.2. The molecule has 30 heavy (non-hydrogen) atoms. The number of morpholine rings is 2. The van der Waals surface area contributed by atoms with Gasteiger partial charge >= 0.3 is 0 Å². The van der Waals surface area contributed by atoms with Gasteiger partial charge < -0.3 is 19.7 Å². The number of rotatable bonds is 6. The molecule has 4 rings (SSSR count). The van der Waals surface area contributed by atoms with E-state index in [-0.39, 0.29) is 10.8 Å². The van der Waals surface area contributed by atoms with Crippen molar-refractivity contribution in [1.82, 2.24) is 9.21 Å². The normalized spacial score (nSPS) is 21.7. The molecule has 1 amide bonds. The van der Waals surface area contributed by atoms with E-state index < -0.39 is 10.0 Å². The third kappa shape index (κ3) is 4.94. The van der Waals surface area contributed by atoms with Gasteiger partial charge in [0.15, 0.2) is 0 Å². The van der Waals surface area contributed by atoms with Crippen LogP contribution in [0.4, 0.5) is 11.4 Å². The predicted molar refractivity (Wildman–Crippen MR) is 113 cm³/mol. The number of carbonyl (C=O) groups is 1. The average Bonchev–Trinajstić information content (AvgIpc) is 3.28. The molecule has 0 unspecified atom stereocenters. The number of ether oxygens (including phenoxy) is 2. The highest BCUT2D eigenvalue weighted by Crippen LogP contribution is 2.31. The van der Waals surface area contributed by atoms with E-state index in [9.17, 15) is 13.2 Å². The van der Waals surface area contributed by atoms with Crippen LogP contribution in [0.15, 0.2) is 23.1 Å². The number of nitrogens with zero attached hydrogens (tertiary/aromatic N) is 3. The van der Waals surface area contributed by atoms with Crippen LogP contribution in [0.5, 0.6) is 0 Å². The number of hydrogen-bond donors (Lipinski definition) is 1. The monoisotopic (exact) mass is 438 g/mol. The Labute approximate surface area is 178 Å². The molecule has 166 valence electrons. The molecule has 1 aromatic carbocycles. The number of anilines is 2. The topological polar surface area (TPSA) is 91.4 Å². The van der Waals surface area contributed by atoms with E-state index in [0.29, 0.717) is 64.8 Å². The lowest BCUT2D eigenvalue weighted by molar-refractivity contribution is -0.117. The van der Waals surface area contributed by atoms with Crippen molar-refractivity contribution < 1.29 is 22.7 Å². The third-order valence-corrected chi connectivity index (χ3v) is 7.66. The summed E-state index contributed by atoms with van der Waals surface area (Å²) in [5.74, 6) is -0.118. The van der Waals surface area contributed by atoms with Gasteiger partial charge in [-0.25, -0.2) is 8.42 Å². The lowest BCUT2D eigenvalue weighted by Gasteiger charge is -2.31. The molecule has 0 spiro atoms. The van der Waals surface area contributed by atoms with Crippen molar-refractivity contribution in [1.29, 1.82) is 0 Å². The molecule has 9 nitrogen and oxygen atoms in total. The summed E-state index contributed by atoms with van der Waals surface area (Å²) in [7, 11) is -3.64. The van der Waals surface area contributed by atoms with Gasteiger partial charge in [0, 0.05) is 26.2 Å². The maximum Gasteiger partial charge on any atom is 0.243 e. The molecule has 0 bridgehead atoms. The summed E-state index contributed by atoms with van der Waals surface area (Å²) in [6.45, 7) is 6.25. The van der Waals surface area contributed by atoms with Crippen LogP contribution in [0, 0.1) is 0 Å². The Morgan fingerprint density at radius 2 is 1.57 bits per heavy atom. The first kappa shape index (κ1) is 21.5. The maximum atomic E-state index is 13.1. The minimum atomic E-state index is -3.64. The molecule has 3 aliphatic rings. The number of likely N-dealkylation sites (tertiary alicyclic amines) is 1. The minimum Gasteiger partial charge on any atom is -0.379 e. The van der Waals surface area contributed by atoms with E-state index in [1.54, 1.807) is 18.2 Å². The Balaban J connectivity index is 1.59. The molecular weight excluding hydrogens is 408 g/mol. The largest absolute Gasteiger partial charge is 0.379 e. The fourth-order valence-corrected chi connectivity index (χ4v) is 5.56. The van der Waals surface area contributed by atoms with Gasteiger partial charge in [-0.1, -0.05) is 0 Å². The SMILES string of the molecule is O=C(CN1CCCC1)Nc1cc(S(=O)(=O)N2CCOCC2)ccc1N1CCOCC1. The number of carbonyl (C=O) groups excluding carboxylic acids is 1. The van der Waals surface area contributed by atoms with Crippen molar-refractivity contribution in [3.8, 4) is 0 Å². The molecule has 0 aromatic heterocycles. The van der Waals surface area contributed by atoms with E-state index >= 15 is 0 Å². The van der Waals surface area contributed by atoms with Crippen molar-refractivity contribution in [3.05, 3.63) is 18.2 Å². The van der Waals surface area contributed by atoms with Gasteiger partial charge in [0.2, 0.25) is 15.9 Å². The van der Waals surface area contributed by atoms with Crippen LogP contribution in [-0.2, 0) is 24.3 Å². The molecule has 0 saturated carbocycles. The summed E-state index contributed by atoms with van der Waals surface area (Å²) in [5.41, 5.74) is 1.37. The first-order chi connectivity index (χ1) is 14.5. The Hall–Kier alpha value is -1.72. The highest BCUT2D eigenvalue weighted by Gasteiger charge is 2.28. The molecule has 1 N–H and O–H groups in total. The van der Waals surface area contributed by atoms with Crippen LogP contribution in [0.3, 0.4) is 0 Å². The van der Waals surface area contributed by atoms with E-state index in [1.807, 2.05) is 0 Å². The summed E-state index contributed by atoms with van der Waals surface area (Å²) in [6, 6.07) is 5.02. The van der Waals surface area contributed by atoms with Gasteiger partial charge in [0.05, 0.1) is 49.2 Å². The molecule has 3 fully saturated rings. The van der Waals surface area contributed by atoms with Crippen LogP contribution in [0.2, 0.25) is 0 Å². The number of amides is 1. The first-order valence-electron chi connectivity index (χ1n) is 10.6. The van der Waals surface area contributed by atoms with E-state index in [2.05, 4.69) is 15.1 Å². The molecular formula is C20H30N4O5S. The average molecular weight is 439 g/mol. The number of hydrogen-bond acceptors (Lipinski definition) is 7. The second-order valence-corrected chi connectivity index (χ2v) is 9.76. The summed E-state index contributed by atoms with van der Waals surface area (Å²) < 4.78 is 38.4. The molecule has 3 heterocycles. The smallest absolute Gasteiger partial charge is 0.243 e. The van der Waals surface area contributed by atoms with Gasteiger partial charge in [-0.05, 0) is 44.1 Å². The lowest BCUT2D eigenvalue weighted by atomic mass is 10.2. The van der Waals surface area contributed by atoms with E-state index in [4.69, 9.17) is 9.47 Å². The van der Waals surface area contributed by atoms with Gasteiger partial charge in [-0.15, -0.1) is 0 Å². The molecule has 0 atom stereocenters. The van der Waals surface area contributed by atoms with Crippen LogP contribution in [0.1, 0.15) is 12.8 Å². The summed E-state index contributed by atoms with van der Waals surface area (Å²) >= 11 is 0. The molecule has 3 aliphatic heterocycles. The molecule has 3 saturated heterocycles. The summed E-state index contributed by atoms with van der Waals surface area (Å²) in [6.07, 6.45) is 2.22. The number of sulfonamides is 1. The van der Waals surface area contributed by atoms with Crippen molar-refractivity contribution in [2.75, 3.05) is 82.5 Å². The highest BCUT2D eigenvalue weighted by atomic mass is 32.2. The summed E-state index contributed by atoms with van der Waals surface area (Å²) in [4.78, 5) is 17.1. The standard InChI is InChI=1S/C20H30N4O5S/c25-20(16-22-5-1-2-6-22)21-18-15-17(30(26,27)24-9-13-29-14-10-24)3-4-19(18)23-7-11-28-12-8-23/h3-4,15H,1-2,5-14,16H2,(H,21,25). The van der Waals surface area contributed by atoms with Crippen molar-refractivity contribution in [3.63, 3.8) is 0 Å². The molecule has 0 aliphatic carbocycles. The first-order valence-corrected chi connectivity index (χ1v) is 12.0. The number of nitrogens with one attached hydrogen (secondary N) is 1. The van der Waals surface area contributed by atoms with Gasteiger partial charge in [0.1, 0.15) is 0 Å². The van der Waals surface area contributed by atoms with Gasteiger partial charge in [-0.2, -0.15) is 4.31 Å². The fourth-order valence-electron chi connectivity index (χ4n) is 4.13. The number of benzene rings is 1. The molecule has 0 radical (unpaired) electrons. The van der Waals surface area contributed by atoms with Crippen LogP contribution in [-0.4, -0.2) is 95.8 Å². The Bertz CT molecular complexity index is 845. The highest BCUT2D eigenvalue weighted by molar-refractivity contribution is 7.89. The Morgan fingerprint density at radius 1 is 0.933 bits per heavy atom. The maximum absolute atomic E-state index is 13.1. The van der Waals surface area contributed by atoms with Crippen LogP contribution in [0.25, 0.3) is 0 Å². The second-order valence-electron chi connectivity index (χ2n) is 7.83.